The summed E-state index contributed by atoms with van der Waals surface area (Å²) in [4.78, 5) is 13.9. The van der Waals surface area contributed by atoms with Crippen molar-refractivity contribution in [1.82, 2.24) is 0 Å². The van der Waals surface area contributed by atoms with E-state index in [1.807, 2.05) is 11.0 Å². The van der Waals surface area contributed by atoms with E-state index in [-0.39, 0.29) is 5.69 Å². The zero-order valence-corrected chi connectivity index (χ0v) is 15.2. The van der Waals surface area contributed by atoms with Gasteiger partial charge in [-0.05, 0) is 36.4 Å². The van der Waals surface area contributed by atoms with Gasteiger partial charge in [-0.15, -0.1) is 0 Å². The maximum Gasteiger partial charge on any atom is 0.416 e. The van der Waals surface area contributed by atoms with Crippen molar-refractivity contribution in [3.8, 4) is 0 Å². The monoisotopic (exact) mass is 392 g/mol. The van der Waals surface area contributed by atoms with Gasteiger partial charge in [0.25, 0.3) is 5.69 Å². The molecule has 2 aromatic carbocycles. The van der Waals surface area contributed by atoms with Crippen LogP contribution in [0.1, 0.15) is 11.1 Å². The molecule has 0 amide bonds. The smallest absolute Gasteiger partial charge is 0.360 e. The molecule has 148 valence electrons. The van der Waals surface area contributed by atoms with Gasteiger partial charge in [0.15, 0.2) is 0 Å². The lowest BCUT2D eigenvalue weighted by Gasteiger charge is -2.33. The summed E-state index contributed by atoms with van der Waals surface area (Å²) in [6, 6.07) is 12.0. The number of alkyl halides is 3. The van der Waals surface area contributed by atoms with Crippen molar-refractivity contribution in [2.24, 2.45) is 0 Å². The molecule has 1 heterocycles. The predicted octanol–water partition coefficient (Wildman–Crippen LogP) is 3.03. The number of hydrogen-bond donors (Lipinski definition) is 1. The van der Waals surface area contributed by atoms with Crippen molar-refractivity contribution in [2.75, 3.05) is 37.6 Å². The molecule has 0 saturated carbocycles. The van der Waals surface area contributed by atoms with Gasteiger partial charge in [-0.1, -0.05) is 18.2 Å². The minimum absolute atomic E-state index is 0.0723. The van der Waals surface area contributed by atoms with Gasteiger partial charge >= 0.3 is 6.18 Å². The van der Waals surface area contributed by atoms with Crippen LogP contribution in [0.5, 0.6) is 0 Å². The molecule has 0 unspecified atom stereocenters. The predicted molar refractivity (Wildman–Crippen MR) is 101 cm³/mol. The molecule has 1 aliphatic heterocycles. The quantitative estimate of drug-likeness (QED) is 0.629. The number of halogens is 3. The lowest BCUT2D eigenvalue weighted by atomic mass is 10.1. The number of benzene rings is 2. The molecule has 0 bridgehead atoms. The highest BCUT2D eigenvalue weighted by Crippen LogP contribution is 2.31. The molecule has 28 heavy (non-hydrogen) atoms. The number of hydrogen-bond acceptors (Lipinski definition) is 3. The van der Waals surface area contributed by atoms with Gasteiger partial charge in [0.2, 0.25) is 0 Å². The Kier molecular flexibility index (Phi) is 5.99. The van der Waals surface area contributed by atoms with Crippen molar-refractivity contribution >= 4 is 17.5 Å². The minimum Gasteiger partial charge on any atom is -0.360 e. The second-order valence-electron chi connectivity index (χ2n) is 6.71. The van der Waals surface area contributed by atoms with E-state index in [1.54, 1.807) is 30.3 Å². The molecule has 0 radical (unpaired) electrons. The summed E-state index contributed by atoms with van der Waals surface area (Å²) >= 11 is 0. The van der Waals surface area contributed by atoms with Crippen molar-refractivity contribution in [3.63, 3.8) is 0 Å². The molecule has 0 atom stereocenters. The van der Waals surface area contributed by atoms with Crippen LogP contribution in [0.15, 0.2) is 54.6 Å². The summed E-state index contributed by atoms with van der Waals surface area (Å²) in [7, 11) is 0. The molecular formula is C20H21F3N3O2+. The number of nitrogens with one attached hydrogen (secondary N) is 1. The third kappa shape index (κ3) is 4.89. The highest BCUT2D eigenvalue weighted by molar-refractivity contribution is 5.60. The second kappa shape index (κ2) is 8.43. The highest BCUT2D eigenvalue weighted by atomic mass is 19.4. The van der Waals surface area contributed by atoms with Crippen LogP contribution in [0.2, 0.25) is 0 Å². The van der Waals surface area contributed by atoms with Crippen LogP contribution in [0, 0.1) is 10.1 Å². The summed E-state index contributed by atoms with van der Waals surface area (Å²) in [6.45, 7) is 3.61. The lowest BCUT2D eigenvalue weighted by molar-refractivity contribution is -0.894. The SMILES string of the molecule is O=[N+]([O-])c1ccccc1/C=C/C[NH+]1CCN(c2cccc(C(F)(F)F)c2)CC1. The van der Waals surface area contributed by atoms with Crippen molar-refractivity contribution < 1.29 is 23.0 Å². The molecule has 2 aromatic rings. The summed E-state index contributed by atoms with van der Waals surface area (Å²) in [5, 5.41) is 11.0. The van der Waals surface area contributed by atoms with Gasteiger partial charge in [-0.25, -0.2) is 0 Å². The van der Waals surface area contributed by atoms with Crippen LogP contribution in [0.3, 0.4) is 0 Å². The number of anilines is 1. The molecule has 1 aliphatic rings. The number of piperazine rings is 1. The minimum atomic E-state index is -4.34. The Morgan fingerprint density at radius 2 is 1.82 bits per heavy atom. The fourth-order valence-electron chi connectivity index (χ4n) is 3.31. The van der Waals surface area contributed by atoms with Crippen LogP contribution in [-0.4, -0.2) is 37.6 Å². The number of para-hydroxylation sites is 1. The van der Waals surface area contributed by atoms with Crippen LogP contribution in [0.4, 0.5) is 24.5 Å². The molecular weight excluding hydrogens is 371 g/mol. The number of nitrogens with zero attached hydrogens (tertiary/aromatic N) is 2. The van der Waals surface area contributed by atoms with Gasteiger partial charge in [0.05, 0.1) is 48.8 Å². The Balaban J connectivity index is 1.56. The summed E-state index contributed by atoms with van der Waals surface area (Å²) in [5.41, 5.74) is 0.592. The summed E-state index contributed by atoms with van der Waals surface area (Å²) in [6.07, 6.45) is -0.671. The van der Waals surface area contributed by atoms with Gasteiger partial charge in [-0.2, -0.15) is 13.2 Å². The Hall–Kier alpha value is -2.87. The third-order valence-corrected chi connectivity index (χ3v) is 4.85. The van der Waals surface area contributed by atoms with E-state index >= 15 is 0 Å². The number of rotatable bonds is 5. The zero-order valence-electron chi connectivity index (χ0n) is 15.2. The van der Waals surface area contributed by atoms with Gasteiger partial charge in [0.1, 0.15) is 0 Å². The molecule has 1 fully saturated rings. The van der Waals surface area contributed by atoms with E-state index in [0.29, 0.717) is 30.9 Å². The summed E-state index contributed by atoms with van der Waals surface area (Å²) < 4.78 is 38.6. The molecule has 5 nitrogen and oxygen atoms in total. The first-order chi connectivity index (χ1) is 13.3. The second-order valence-corrected chi connectivity index (χ2v) is 6.71. The topological polar surface area (TPSA) is 50.8 Å². The maximum atomic E-state index is 12.9. The zero-order chi connectivity index (χ0) is 20.1. The van der Waals surface area contributed by atoms with Crippen LogP contribution in [-0.2, 0) is 6.18 Å². The maximum absolute atomic E-state index is 12.9. The van der Waals surface area contributed by atoms with Crippen molar-refractivity contribution in [3.05, 3.63) is 75.8 Å². The van der Waals surface area contributed by atoms with Gasteiger partial charge < -0.3 is 9.80 Å². The van der Waals surface area contributed by atoms with Gasteiger partial charge in [-0.3, -0.25) is 10.1 Å². The van der Waals surface area contributed by atoms with Gasteiger partial charge in [0, 0.05) is 11.8 Å². The lowest BCUT2D eigenvalue weighted by Crippen LogP contribution is -3.14. The summed E-state index contributed by atoms with van der Waals surface area (Å²) in [5.74, 6) is 0. The third-order valence-electron chi connectivity index (χ3n) is 4.85. The molecule has 1 saturated heterocycles. The molecule has 0 spiro atoms. The molecule has 0 aromatic heterocycles. The first-order valence-corrected chi connectivity index (χ1v) is 9.00. The average molecular weight is 392 g/mol. The first kappa shape index (κ1) is 19.9. The van der Waals surface area contributed by atoms with Crippen LogP contribution in [0.25, 0.3) is 6.08 Å². The average Bonchev–Trinajstić information content (AvgIpc) is 2.68. The molecule has 3 rings (SSSR count). The normalized spacial score (nSPS) is 15.9. The largest absolute Gasteiger partial charge is 0.416 e. The standard InChI is InChI=1S/C20H20F3N3O2/c21-20(22,23)17-7-3-8-18(15-17)25-13-11-24(12-14-25)10-4-6-16-5-1-2-9-19(16)26(27)28/h1-9,15H,10-14H2/p+1/b6-4+. The number of nitro benzene ring substituents is 1. The number of nitro groups is 1. The molecule has 8 heteroatoms. The molecule has 1 N–H and O–H groups in total. The van der Waals surface area contributed by atoms with E-state index < -0.39 is 16.7 Å². The van der Waals surface area contributed by atoms with E-state index in [2.05, 4.69) is 0 Å². The highest BCUT2D eigenvalue weighted by Gasteiger charge is 2.31. The van der Waals surface area contributed by atoms with Crippen LogP contribution < -0.4 is 9.80 Å². The first-order valence-electron chi connectivity index (χ1n) is 9.00. The van der Waals surface area contributed by atoms with E-state index in [9.17, 15) is 23.3 Å². The van der Waals surface area contributed by atoms with E-state index in [1.165, 1.54) is 23.1 Å². The van der Waals surface area contributed by atoms with Crippen LogP contribution >= 0.6 is 0 Å². The van der Waals surface area contributed by atoms with Crippen molar-refractivity contribution in [2.45, 2.75) is 6.18 Å². The number of quaternary nitrogens is 1. The van der Waals surface area contributed by atoms with E-state index in [0.717, 1.165) is 19.2 Å². The Morgan fingerprint density at radius 1 is 1.11 bits per heavy atom. The fourth-order valence-corrected chi connectivity index (χ4v) is 3.31. The molecule has 0 aliphatic carbocycles. The fraction of sp³-hybridized carbons (Fsp3) is 0.300. The Bertz CT molecular complexity index is 860. The Labute approximate surface area is 160 Å². The van der Waals surface area contributed by atoms with Crippen molar-refractivity contribution in [1.29, 1.82) is 0 Å². The van der Waals surface area contributed by atoms with E-state index in [4.69, 9.17) is 0 Å². The Morgan fingerprint density at radius 3 is 2.50 bits per heavy atom.